The van der Waals surface area contributed by atoms with Gasteiger partial charge in [0.15, 0.2) is 5.78 Å². The summed E-state index contributed by atoms with van der Waals surface area (Å²) in [6.07, 6.45) is -0.372. The number of carbonyl (C=O) groups is 1. The minimum atomic E-state index is -3.90. The van der Waals surface area contributed by atoms with Gasteiger partial charge in [-0.1, -0.05) is 12.1 Å². The van der Waals surface area contributed by atoms with Crippen LogP contribution in [-0.4, -0.2) is 33.9 Å². The molecule has 19 heavy (non-hydrogen) atoms. The normalized spacial score (nSPS) is 20.2. The number of morpholine rings is 1. The van der Waals surface area contributed by atoms with Crippen molar-refractivity contribution in [3.8, 4) is 0 Å². The molecule has 1 aliphatic rings. The number of sulfonamides is 1. The van der Waals surface area contributed by atoms with Gasteiger partial charge in [0, 0.05) is 24.2 Å². The van der Waals surface area contributed by atoms with Crippen molar-refractivity contribution in [1.82, 2.24) is 5.32 Å². The molecular formula is C12H16N2O4S. The third-order valence-electron chi connectivity index (χ3n) is 3.00. The molecule has 7 heteroatoms. The highest BCUT2D eigenvalue weighted by molar-refractivity contribution is 7.89. The molecule has 0 aromatic heterocycles. The van der Waals surface area contributed by atoms with Gasteiger partial charge in [-0.3, -0.25) is 4.79 Å². The zero-order valence-corrected chi connectivity index (χ0v) is 11.4. The van der Waals surface area contributed by atoms with Crippen LogP contribution in [0.3, 0.4) is 0 Å². The molecule has 1 unspecified atom stereocenters. The molecule has 104 valence electrons. The van der Waals surface area contributed by atoms with Gasteiger partial charge in [-0.05, 0) is 13.0 Å². The van der Waals surface area contributed by atoms with Crippen LogP contribution in [0.15, 0.2) is 23.1 Å². The molecule has 1 aromatic rings. The number of rotatable bonds is 3. The fourth-order valence-electron chi connectivity index (χ4n) is 2.03. The number of Topliss-reactive ketones (excluding diaryl/α,β-unsaturated/α-hetero) is 1. The average Bonchev–Trinajstić information content (AvgIpc) is 2.38. The van der Waals surface area contributed by atoms with Crippen molar-refractivity contribution in [2.75, 3.05) is 19.7 Å². The molecule has 0 aliphatic carbocycles. The summed E-state index contributed by atoms with van der Waals surface area (Å²) < 4.78 is 28.9. The summed E-state index contributed by atoms with van der Waals surface area (Å²) >= 11 is 0. The Labute approximate surface area is 112 Å². The van der Waals surface area contributed by atoms with Gasteiger partial charge in [0.2, 0.25) is 10.0 Å². The van der Waals surface area contributed by atoms with Crippen molar-refractivity contribution in [2.45, 2.75) is 17.9 Å². The van der Waals surface area contributed by atoms with E-state index < -0.39 is 10.0 Å². The number of hydrogen-bond donors (Lipinski definition) is 2. The first kappa shape index (κ1) is 14.1. The molecular weight excluding hydrogens is 268 g/mol. The lowest BCUT2D eigenvalue weighted by Gasteiger charge is -2.25. The summed E-state index contributed by atoms with van der Waals surface area (Å²) in [6, 6.07) is 4.49. The van der Waals surface area contributed by atoms with E-state index in [0.717, 1.165) is 6.54 Å². The Morgan fingerprint density at radius 3 is 2.74 bits per heavy atom. The number of ketones is 1. The Hall–Kier alpha value is -1.28. The molecule has 1 aromatic carbocycles. The summed E-state index contributed by atoms with van der Waals surface area (Å²) in [5.74, 6) is -0.209. The molecule has 0 bridgehead atoms. The summed E-state index contributed by atoms with van der Waals surface area (Å²) in [5.41, 5.74) is 0.802. The van der Waals surface area contributed by atoms with Crippen LogP contribution in [0, 0.1) is 0 Å². The maximum Gasteiger partial charge on any atom is 0.238 e. The van der Waals surface area contributed by atoms with E-state index in [1.807, 2.05) is 0 Å². The zero-order valence-electron chi connectivity index (χ0n) is 10.5. The van der Waals surface area contributed by atoms with Crippen LogP contribution in [0.2, 0.25) is 0 Å². The van der Waals surface area contributed by atoms with Gasteiger partial charge in [-0.15, -0.1) is 0 Å². The standard InChI is InChI=1S/C12H16N2O4S/c1-8(15)9-2-3-10(11-7-14-4-5-18-11)12(6-9)19(13,16)17/h2-3,6,11,14H,4-5,7H2,1H3,(H2,13,16,17). The number of nitrogens with two attached hydrogens (primary N) is 1. The molecule has 2 rings (SSSR count). The molecule has 6 nitrogen and oxygen atoms in total. The van der Waals surface area contributed by atoms with E-state index in [-0.39, 0.29) is 16.8 Å². The number of hydrogen-bond acceptors (Lipinski definition) is 5. The second-order valence-electron chi connectivity index (χ2n) is 4.42. The van der Waals surface area contributed by atoms with E-state index in [2.05, 4.69) is 5.32 Å². The molecule has 0 radical (unpaired) electrons. The number of benzene rings is 1. The van der Waals surface area contributed by atoms with E-state index in [1.54, 1.807) is 12.1 Å². The maximum atomic E-state index is 11.7. The molecule has 1 atom stereocenters. The van der Waals surface area contributed by atoms with E-state index in [0.29, 0.717) is 24.3 Å². The fraction of sp³-hybridized carbons (Fsp3) is 0.417. The van der Waals surface area contributed by atoms with Crippen LogP contribution in [0.25, 0.3) is 0 Å². The molecule has 1 aliphatic heterocycles. The monoisotopic (exact) mass is 284 g/mol. The van der Waals surface area contributed by atoms with Gasteiger partial charge in [0.1, 0.15) is 0 Å². The van der Waals surface area contributed by atoms with Crippen LogP contribution in [0.4, 0.5) is 0 Å². The van der Waals surface area contributed by atoms with Gasteiger partial charge in [-0.2, -0.15) is 0 Å². The van der Waals surface area contributed by atoms with Gasteiger partial charge in [0.05, 0.1) is 17.6 Å². The Morgan fingerprint density at radius 1 is 1.47 bits per heavy atom. The Bertz CT molecular complexity index is 592. The molecule has 1 saturated heterocycles. The van der Waals surface area contributed by atoms with Crippen LogP contribution < -0.4 is 10.5 Å². The molecule has 0 amide bonds. The fourth-order valence-corrected chi connectivity index (χ4v) is 2.85. The van der Waals surface area contributed by atoms with Gasteiger partial charge < -0.3 is 10.1 Å². The minimum absolute atomic E-state index is 0.0473. The summed E-state index contributed by atoms with van der Waals surface area (Å²) in [5, 5.41) is 8.34. The second kappa shape index (κ2) is 5.38. The highest BCUT2D eigenvalue weighted by Crippen LogP contribution is 2.26. The predicted molar refractivity (Wildman–Crippen MR) is 69.4 cm³/mol. The van der Waals surface area contributed by atoms with E-state index >= 15 is 0 Å². The lowest BCUT2D eigenvalue weighted by atomic mass is 10.0. The van der Waals surface area contributed by atoms with Crippen molar-refractivity contribution in [1.29, 1.82) is 0 Å². The number of nitrogens with one attached hydrogen (secondary N) is 1. The predicted octanol–water partition coefficient (Wildman–Crippen LogP) is 0.198. The van der Waals surface area contributed by atoms with Gasteiger partial charge in [-0.25, -0.2) is 13.6 Å². The molecule has 3 N–H and O–H groups in total. The van der Waals surface area contributed by atoms with Crippen LogP contribution >= 0.6 is 0 Å². The highest BCUT2D eigenvalue weighted by atomic mass is 32.2. The first-order valence-corrected chi connectivity index (χ1v) is 7.44. The SMILES string of the molecule is CC(=O)c1ccc(C2CNCCO2)c(S(N)(=O)=O)c1. The first-order chi connectivity index (χ1) is 8.89. The van der Waals surface area contributed by atoms with Crippen molar-refractivity contribution in [3.05, 3.63) is 29.3 Å². The Balaban J connectivity index is 2.50. The van der Waals surface area contributed by atoms with E-state index in [4.69, 9.17) is 9.88 Å². The van der Waals surface area contributed by atoms with Crippen LogP contribution in [-0.2, 0) is 14.8 Å². The van der Waals surface area contributed by atoms with Crippen LogP contribution in [0.1, 0.15) is 28.9 Å². The third-order valence-corrected chi connectivity index (χ3v) is 3.97. The number of carbonyl (C=O) groups excluding carboxylic acids is 1. The summed E-state index contributed by atoms with van der Waals surface area (Å²) in [4.78, 5) is 11.3. The number of ether oxygens (including phenoxy) is 1. The van der Waals surface area contributed by atoms with Crippen LogP contribution in [0.5, 0.6) is 0 Å². The van der Waals surface area contributed by atoms with Crippen molar-refractivity contribution < 1.29 is 17.9 Å². The van der Waals surface area contributed by atoms with Crippen molar-refractivity contribution in [3.63, 3.8) is 0 Å². The van der Waals surface area contributed by atoms with Crippen molar-refractivity contribution in [2.24, 2.45) is 5.14 Å². The summed E-state index contributed by atoms with van der Waals surface area (Å²) in [6.45, 7) is 3.12. The van der Waals surface area contributed by atoms with E-state index in [1.165, 1.54) is 13.0 Å². The summed E-state index contributed by atoms with van der Waals surface area (Å²) in [7, 11) is -3.90. The maximum absolute atomic E-state index is 11.7. The van der Waals surface area contributed by atoms with Gasteiger partial charge >= 0.3 is 0 Å². The van der Waals surface area contributed by atoms with E-state index in [9.17, 15) is 13.2 Å². The smallest absolute Gasteiger partial charge is 0.238 e. The largest absolute Gasteiger partial charge is 0.371 e. The van der Waals surface area contributed by atoms with Crippen molar-refractivity contribution >= 4 is 15.8 Å². The Morgan fingerprint density at radius 2 is 2.21 bits per heavy atom. The number of primary sulfonamides is 1. The quantitative estimate of drug-likeness (QED) is 0.772. The lowest BCUT2D eigenvalue weighted by Crippen LogP contribution is -2.34. The topological polar surface area (TPSA) is 98.5 Å². The minimum Gasteiger partial charge on any atom is -0.371 e. The zero-order chi connectivity index (χ0) is 14.0. The lowest BCUT2D eigenvalue weighted by molar-refractivity contribution is 0.0260. The molecule has 0 spiro atoms. The Kier molecular flexibility index (Phi) is 4.00. The highest BCUT2D eigenvalue weighted by Gasteiger charge is 2.24. The first-order valence-electron chi connectivity index (χ1n) is 5.89. The third kappa shape index (κ3) is 3.19. The molecule has 1 fully saturated rings. The molecule has 0 saturated carbocycles. The van der Waals surface area contributed by atoms with Gasteiger partial charge in [0.25, 0.3) is 0 Å². The molecule has 1 heterocycles. The second-order valence-corrected chi connectivity index (χ2v) is 5.95. The average molecular weight is 284 g/mol.